The van der Waals surface area contributed by atoms with Crippen LogP contribution in [0.25, 0.3) is 0 Å². The van der Waals surface area contributed by atoms with Gasteiger partial charge in [0, 0.05) is 19.5 Å². The topological polar surface area (TPSA) is 256 Å². The van der Waals surface area contributed by atoms with Crippen molar-refractivity contribution in [2.24, 2.45) is 11.8 Å². The fraction of sp³-hybridized carbons (Fsp3) is 0.650. The molecule has 3 aliphatic rings. The molecule has 18 heteroatoms. The summed E-state index contributed by atoms with van der Waals surface area (Å²) in [4.78, 5) is 113. The van der Waals surface area contributed by atoms with Crippen LogP contribution in [-0.4, -0.2) is 142 Å². The van der Waals surface area contributed by atoms with E-state index in [0.717, 1.165) is 0 Å². The van der Waals surface area contributed by atoms with Crippen molar-refractivity contribution < 1.29 is 48.6 Å². The molecule has 4 rings (SSSR count). The summed E-state index contributed by atoms with van der Waals surface area (Å²) in [6.45, 7) is 7.37. The van der Waals surface area contributed by atoms with E-state index < -0.39 is 115 Å². The Balaban J connectivity index is 1.71. The Bertz CT molecular complexity index is 1660. The van der Waals surface area contributed by atoms with Gasteiger partial charge in [0.1, 0.15) is 42.3 Å². The van der Waals surface area contributed by atoms with Crippen LogP contribution in [0.4, 0.5) is 0 Å². The minimum Gasteiger partial charge on any atom is -0.394 e. The van der Waals surface area contributed by atoms with Crippen LogP contribution in [0.15, 0.2) is 30.3 Å². The van der Waals surface area contributed by atoms with Gasteiger partial charge in [0.2, 0.25) is 47.3 Å². The van der Waals surface area contributed by atoms with Crippen molar-refractivity contribution in [3.63, 3.8) is 0 Å². The molecule has 0 saturated carbocycles. The summed E-state index contributed by atoms with van der Waals surface area (Å²) in [6, 6.07) is 0.282. The molecule has 1 aromatic carbocycles. The van der Waals surface area contributed by atoms with Crippen molar-refractivity contribution in [1.29, 1.82) is 0 Å². The SMILES string of the molecule is CC[C@H](C)[C@@H]1NC(=O)[C@@H](Cc2ccccc2)NC(=O)[C@@H]2CCCN2C(=O)[C@H](CO)NC(=O)[C@@H]2CCCN2C(=O)[C@@H](CC(C)C)NC(=O)[C@H]([C@H](C)O)NC(=O)CNC1=O. The van der Waals surface area contributed by atoms with Crippen LogP contribution < -0.4 is 31.9 Å². The number of hydrogen-bond acceptors (Lipinski definition) is 10. The standard InChI is InChI=1S/C40H60N8O10/c1-6-23(4)32-37(55)41-20-31(51)45-33(24(5)50)38(56)43-27(18-22(2)3)39(57)47-16-10-15-30(47)36(54)44-28(21-49)40(58)48-17-11-14-29(48)35(53)42-26(34(52)46-32)19-25-12-8-7-9-13-25/h7-9,12-13,22-24,26-30,32-33,49-50H,6,10-11,14-21H2,1-5H3,(H,41,55)(H,42,53)(H,43,56)(H,44,54)(H,45,51)(H,46,52)/t23-,24-,26+,27+,28-,29-,30-,32-,33-/m0/s1. The zero-order valence-electron chi connectivity index (χ0n) is 34.0. The Kier molecular flexibility index (Phi) is 16.6. The first-order chi connectivity index (χ1) is 27.6. The smallest absolute Gasteiger partial charge is 0.248 e. The van der Waals surface area contributed by atoms with Crippen LogP contribution in [0.5, 0.6) is 0 Å². The third-order valence-corrected chi connectivity index (χ3v) is 11.0. The van der Waals surface area contributed by atoms with Gasteiger partial charge in [-0.3, -0.25) is 38.4 Å². The molecule has 0 aromatic heterocycles. The summed E-state index contributed by atoms with van der Waals surface area (Å²) in [6.07, 6.45) is 0.547. The van der Waals surface area contributed by atoms with E-state index >= 15 is 0 Å². The molecule has 1 aromatic rings. The lowest BCUT2D eigenvalue weighted by molar-refractivity contribution is -0.145. The molecule has 18 nitrogen and oxygen atoms in total. The lowest BCUT2D eigenvalue weighted by Crippen LogP contribution is -2.62. The van der Waals surface area contributed by atoms with Crippen LogP contribution in [0.1, 0.15) is 78.7 Å². The second kappa shape index (κ2) is 21.1. The average Bonchev–Trinajstić information content (AvgIpc) is 3.90. The number of benzene rings is 1. The maximum atomic E-state index is 14.1. The molecule has 3 fully saturated rings. The Morgan fingerprint density at radius 3 is 1.76 bits per heavy atom. The van der Waals surface area contributed by atoms with Gasteiger partial charge >= 0.3 is 0 Å². The number of aliphatic hydroxyl groups is 2. The van der Waals surface area contributed by atoms with E-state index in [2.05, 4.69) is 31.9 Å². The normalized spacial score (nSPS) is 28.6. The van der Waals surface area contributed by atoms with E-state index in [-0.39, 0.29) is 44.7 Å². The van der Waals surface area contributed by atoms with Crippen molar-refractivity contribution in [3.05, 3.63) is 35.9 Å². The molecule has 0 bridgehead atoms. The number of carbonyl (C=O) groups excluding carboxylic acids is 8. The van der Waals surface area contributed by atoms with E-state index in [1.165, 1.54) is 16.7 Å². The number of fused-ring (bicyclic) bond motifs is 2. The molecule has 0 radical (unpaired) electrons. The fourth-order valence-electron chi connectivity index (χ4n) is 7.60. The molecular formula is C40H60N8O10. The first-order valence-electron chi connectivity index (χ1n) is 20.3. The molecule has 8 amide bonds. The van der Waals surface area contributed by atoms with Gasteiger partial charge < -0.3 is 51.9 Å². The summed E-state index contributed by atoms with van der Waals surface area (Å²) in [5.74, 6) is -6.28. The molecule has 3 saturated heterocycles. The third-order valence-electron chi connectivity index (χ3n) is 11.0. The largest absolute Gasteiger partial charge is 0.394 e. The van der Waals surface area contributed by atoms with Gasteiger partial charge in [-0.1, -0.05) is 64.4 Å². The first kappa shape index (κ1) is 45.6. The highest BCUT2D eigenvalue weighted by Crippen LogP contribution is 2.23. The average molecular weight is 813 g/mol. The van der Waals surface area contributed by atoms with Gasteiger partial charge in [0.15, 0.2) is 0 Å². The van der Waals surface area contributed by atoms with Crippen LogP contribution in [0, 0.1) is 11.8 Å². The van der Waals surface area contributed by atoms with Crippen molar-refractivity contribution in [2.75, 3.05) is 26.2 Å². The van der Waals surface area contributed by atoms with E-state index in [1.807, 2.05) is 20.8 Å². The summed E-state index contributed by atoms with van der Waals surface area (Å²) in [5, 5.41) is 36.6. The van der Waals surface area contributed by atoms with Crippen LogP contribution >= 0.6 is 0 Å². The summed E-state index contributed by atoms with van der Waals surface area (Å²) < 4.78 is 0. The number of aliphatic hydroxyl groups excluding tert-OH is 2. The molecule has 9 atom stereocenters. The van der Waals surface area contributed by atoms with Crippen molar-refractivity contribution in [1.82, 2.24) is 41.7 Å². The second-order valence-electron chi connectivity index (χ2n) is 15.9. The van der Waals surface area contributed by atoms with Gasteiger partial charge in [0.05, 0.1) is 19.3 Å². The third kappa shape index (κ3) is 11.7. The number of amides is 8. The van der Waals surface area contributed by atoms with Crippen LogP contribution in [0.3, 0.4) is 0 Å². The Labute approximate surface area is 339 Å². The monoisotopic (exact) mass is 812 g/mol. The second-order valence-corrected chi connectivity index (χ2v) is 15.9. The van der Waals surface area contributed by atoms with Gasteiger partial charge in [-0.05, 0) is 56.4 Å². The molecule has 8 N–H and O–H groups in total. The number of hydrogen-bond donors (Lipinski definition) is 8. The molecule has 3 heterocycles. The highest BCUT2D eigenvalue weighted by atomic mass is 16.3. The zero-order valence-corrected chi connectivity index (χ0v) is 34.0. The highest BCUT2D eigenvalue weighted by Gasteiger charge is 2.43. The predicted octanol–water partition coefficient (Wildman–Crippen LogP) is -1.77. The Hall–Kier alpha value is -5.10. The fourth-order valence-corrected chi connectivity index (χ4v) is 7.60. The molecule has 0 spiro atoms. The van der Waals surface area contributed by atoms with Gasteiger partial charge in [-0.25, -0.2) is 0 Å². The first-order valence-corrected chi connectivity index (χ1v) is 20.3. The molecule has 58 heavy (non-hydrogen) atoms. The molecule has 3 aliphatic heterocycles. The number of carbonyl (C=O) groups is 8. The van der Waals surface area contributed by atoms with Gasteiger partial charge in [-0.2, -0.15) is 0 Å². The van der Waals surface area contributed by atoms with Gasteiger partial charge in [-0.15, -0.1) is 0 Å². The van der Waals surface area contributed by atoms with Crippen molar-refractivity contribution >= 4 is 47.3 Å². The van der Waals surface area contributed by atoms with Crippen molar-refractivity contribution in [2.45, 2.75) is 128 Å². The minimum atomic E-state index is -1.53. The van der Waals surface area contributed by atoms with E-state index in [9.17, 15) is 48.6 Å². The quantitative estimate of drug-likeness (QED) is 0.147. The molecular weight excluding hydrogens is 752 g/mol. The number of nitrogens with one attached hydrogen (secondary N) is 6. The predicted molar refractivity (Wildman–Crippen MR) is 210 cm³/mol. The Morgan fingerprint density at radius 1 is 0.672 bits per heavy atom. The maximum Gasteiger partial charge on any atom is 0.248 e. The van der Waals surface area contributed by atoms with Crippen LogP contribution in [0.2, 0.25) is 0 Å². The van der Waals surface area contributed by atoms with Crippen LogP contribution in [-0.2, 0) is 44.8 Å². The lowest BCUT2D eigenvalue weighted by Gasteiger charge is -2.33. The maximum absolute atomic E-state index is 14.1. The van der Waals surface area contributed by atoms with E-state index in [4.69, 9.17) is 0 Å². The minimum absolute atomic E-state index is 0.0308. The number of rotatable bonds is 8. The summed E-state index contributed by atoms with van der Waals surface area (Å²) >= 11 is 0. The Morgan fingerprint density at radius 2 is 1.22 bits per heavy atom. The summed E-state index contributed by atoms with van der Waals surface area (Å²) in [5.41, 5.74) is 0.700. The summed E-state index contributed by atoms with van der Waals surface area (Å²) in [7, 11) is 0. The van der Waals surface area contributed by atoms with E-state index in [1.54, 1.807) is 37.3 Å². The lowest BCUT2D eigenvalue weighted by atomic mass is 9.97. The molecule has 320 valence electrons. The number of nitrogens with zero attached hydrogens (tertiary/aromatic N) is 2. The molecule has 0 aliphatic carbocycles. The van der Waals surface area contributed by atoms with E-state index in [0.29, 0.717) is 24.8 Å². The van der Waals surface area contributed by atoms with Gasteiger partial charge in [0.25, 0.3) is 0 Å². The molecule has 0 unspecified atom stereocenters. The van der Waals surface area contributed by atoms with Crippen molar-refractivity contribution in [3.8, 4) is 0 Å². The highest BCUT2D eigenvalue weighted by molar-refractivity contribution is 5.99. The zero-order chi connectivity index (χ0) is 42.7.